The predicted molar refractivity (Wildman–Crippen MR) is 83.4 cm³/mol. The van der Waals surface area contributed by atoms with Crippen molar-refractivity contribution in [2.45, 2.75) is 13.0 Å². The molecule has 2 rings (SSSR count). The summed E-state index contributed by atoms with van der Waals surface area (Å²) < 4.78 is 14.1. The smallest absolute Gasteiger partial charge is 0.128 e. The van der Waals surface area contributed by atoms with Crippen molar-refractivity contribution in [3.8, 4) is 0 Å². The number of hydrogen-bond acceptors (Lipinski definition) is 1. The third kappa shape index (κ3) is 3.44. The summed E-state index contributed by atoms with van der Waals surface area (Å²) in [5.41, 5.74) is 1.22. The van der Waals surface area contributed by atoms with Crippen molar-refractivity contribution in [1.29, 1.82) is 0 Å². The van der Waals surface area contributed by atoms with Gasteiger partial charge in [0.1, 0.15) is 5.82 Å². The van der Waals surface area contributed by atoms with Gasteiger partial charge in [-0.25, -0.2) is 4.39 Å². The molecule has 106 valence electrons. The summed E-state index contributed by atoms with van der Waals surface area (Å²) in [6, 6.07) is 9.27. The van der Waals surface area contributed by atoms with Crippen LogP contribution in [-0.2, 0) is 0 Å². The fourth-order valence-electron chi connectivity index (χ4n) is 2.06. The molecule has 0 saturated heterocycles. The van der Waals surface area contributed by atoms with Crippen LogP contribution in [-0.4, -0.2) is 6.54 Å². The summed E-state index contributed by atoms with van der Waals surface area (Å²) in [5.74, 6) is -0.327. The zero-order chi connectivity index (χ0) is 14.7. The Balaban J connectivity index is 2.53. The van der Waals surface area contributed by atoms with E-state index in [0.717, 1.165) is 5.56 Å². The second-order valence-corrected chi connectivity index (χ2v) is 5.60. The Morgan fingerprint density at radius 1 is 1.00 bits per heavy atom. The highest BCUT2D eigenvalue weighted by molar-refractivity contribution is 6.35. The van der Waals surface area contributed by atoms with Crippen LogP contribution in [0.15, 0.2) is 36.4 Å². The van der Waals surface area contributed by atoms with E-state index in [1.54, 1.807) is 24.3 Å². The zero-order valence-corrected chi connectivity index (χ0v) is 13.0. The van der Waals surface area contributed by atoms with Gasteiger partial charge >= 0.3 is 0 Å². The number of nitrogens with one attached hydrogen (secondary N) is 1. The molecular weight excluding hydrogens is 320 g/mol. The van der Waals surface area contributed by atoms with E-state index in [1.165, 1.54) is 12.1 Å². The Morgan fingerprint density at radius 3 is 2.30 bits per heavy atom. The lowest BCUT2D eigenvalue weighted by molar-refractivity contribution is 0.559. The molecule has 0 aromatic heterocycles. The van der Waals surface area contributed by atoms with Crippen LogP contribution in [0.25, 0.3) is 0 Å². The van der Waals surface area contributed by atoms with Gasteiger partial charge in [0.05, 0.1) is 6.04 Å². The van der Waals surface area contributed by atoms with Crippen LogP contribution in [0.4, 0.5) is 4.39 Å². The SMILES string of the molecule is CCNC(c1cc(Cl)ccc1F)c1ccc(Cl)cc1Cl. The lowest BCUT2D eigenvalue weighted by Crippen LogP contribution is -2.23. The van der Waals surface area contributed by atoms with E-state index >= 15 is 0 Å². The number of benzene rings is 2. The van der Waals surface area contributed by atoms with Crippen molar-refractivity contribution >= 4 is 34.8 Å². The highest BCUT2D eigenvalue weighted by Crippen LogP contribution is 2.32. The lowest BCUT2D eigenvalue weighted by Gasteiger charge is -2.21. The van der Waals surface area contributed by atoms with Gasteiger partial charge in [0, 0.05) is 20.6 Å². The Labute approximate surface area is 132 Å². The van der Waals surface area contributed by atoms with Crippen molar-refractivity contribution < 1.29 is 4.39 Å². The molecule has 1 nitrogen and oxygen atoms in total. The van der Waals surface area contributed by atoms with Gasteiger partial charge in [0.25, 0.3) is 0 Å². The van der Waals surface area contributed by atoms with Crippen LogP contribution in [0.2, 0.25) is 15.1 Å². The van der Waals surface area contributed by atoms with Crippen LogP contribution in [0, 0.1) is 5.82 Å². The molecular formula is C15H13Cl3FN. The lowest BCUT2D eigenvalue weighted by atomic mass is 9.98. The van der Waals surface area contributed by atoms with Crippen molar-refractivity contribution in [2.75, 3.05) is 6.54 Å². The predicted octanol–water partition coefficient (Wildman–Crippen LogP) is 5.48. The van der Waals surface area contributed by atoms with Gasteiger partial charge in [-0.05, 0) is 42.4 Å². The van der Waals surface area contributed by atoms with Gasteiger partial charge in [-0.2, -0.15) is 0 Å². The molecule has 20 heavy (non-hydrogen) atoms. The average Bonchev–Trinajstić information content (AvgIpc) is 2.40. The topological polar surface area (TPSA) is 12.0 Å². The molecule has 0 spiro atoms. The van der Waals surface area contributed by atoms with Crippen molar-refractivity contribution in [3.63, 3.8) is 0 Å². The molecule has 1 N–H and O–H groups in total. The zero-order valence-electron chi connectivity index (χ0n) is 10.8. The molecule has 0 heterocycles. The van der Waals surface area contributed by atoms with Crippen LogP contribution in [0.1, 0.15) is 24.1 Å². The molecule has 0 aliphatic heterocycles. The summed E-state index contributed by atoms with van der Waals surface area (Å²) in [4.78, 5) is 0. The maximum Gasteiger partial charge on any atom is 0.128 e. The first-order chi connectivity index (χ1) is 9.52. The highest BCUT2D eigenvalue weighted by Gasteiger charge is 2.20. The second-order valence-electron chi connectivity index (χ2n) is 4.32. The molecule has 5 heteroatoms. The Bertz CT molecular complexity index is 616. The molecule has 1 atom stereocenters. The Kier molecular flexibility index (Phi) is 5.28. The van der Waals surface area contributed by atoms with Crippen LogP contribution >= 0.6 is 34.8 Å². The number of hydrogen-bond donors (Lipinski definition) is 1. The average molecular weight is 333 g/mol. The molecule has 0 saturated carbocycles. The first-order valence-electron chi connectivity index (χ1n) is 6.16. The molecule has 0 fully saturated rings. The minimum absolute atomic E-state index is 0.327. The van der Waals surface area contributed by atoms with E-state index in [4.69, 9.17) is 34.8 Å². The van der Waals surface area contributed by atoms with Gasteiger partial charge in [-0.15, -0.1) is 0 Å². The summed E-state index contributed by atoms with van der Waals surface area (Å²) in [6.07, 6.45) is 0. The van der Waals surface area contributed by atoms with Crippen LogP contribution in [0.5, 0.6) is 0 Å². The molecule has 2 aromatic rings. The van der Waals surface area contributed by atoms with E-state index in [0.29, 0.717) is 27.2 Å². The highest BCUT2D eigenvalue weighted by atomic mass is 35.5. The Hall–Kier alpha value is -0.800. The van der Waals surface area contributed by atoms with Gasteiger partial charge in [0.15, 0.2) is 0 Å². The van der Waals surface area contributed by atoms with Gasteiger partial charge in [0.2, 0.25) is 0 Å². The number of halogens is 4. The molecule has 0 aliphatic rings. The molecule has 0 bridgehead atoms. The first kappa shape index (κ1) is 15.6. The van der Waals surface area contributed by atoms with Crippen molar-refractivity contribution in [3.05, 3.63) is 68.4 Å². The summed E-state index contributed by atoms with van der Waals surface area (Å²) in [5, 5.41) is 4.73. The van der Waals surface area contributed by atoms with E-state index < -0.39 is 0 Å². The van der Waals surface area contributed by atoms with Crippen LogP contribution in [0.3, 0.4) is 0 Å². The molecule has 2 aromatic carbocycles. The quantitative estimate of drug-likeness (QED) is 0.781. The van der Waals surface area contributed by atoms with Crippen molar-refractivity contribution in [1.82, 2.24) is 5.32 Å². The number of rotatable bonds is 4. The standard InChI is InChI=1S/C15H13Cl3FN/c1-2-20-15(11-5-3-10(17)8-13(11)18)12-7-9(16)4-6-14(12)19/h3-8,15,20H,2H2,1H3. The molecule has 0 radical (unpaired) electrons. The largest absolute Gasteiger partial charge is 0.306 e. The second kappa shape index (κ2) is 6.77. The minimum atomic E-state index is -0.372. The molecule has 0 amide bonds. The third-order valence-electron chi connectivity index (χ3n) is 2.95. The minimum Gasteiger partial charge on any atom is -0.306 e. The Morgan fingerprint density at radius 2 is 1.65 bits per heavy atom. The summed E-state index contributed by atoms with van der Waals surface area (Å²) in [6.45, 7) is 2.61. The van der Waals surface area contributed by atoms with Gasteiger partial charge in [-0.3, -0.25) is 0 Å². The maximum atomic E-state index is 14.1. The third-order valence-corrected chi connectivity index (χ3v) is 3.75. The van der Waals surface area contributed by atoms with E-state index in [-0.39, 0.29) is 11.9 Å². The first-order valence-corrected chi connectivity index (χ1v) is 7.29. The normalized spacial score (nSPS) is 12.4. The van der Waals surface area contributed by atoms with Crippen molar-refractivity contribution in [2.24, 2.45) is 0 Å². The molecule has 1 unspecified atom stereocenters. The fourth-order valence-corrected chi connectivity index (χ4v) is 2.76. The fraction of sp³-hybridized carbons (Fsp3) is 0.200. The van der Waals surface area contributed by atoms with E-state index in [9.17, 15) is 4.39 Å². The maximum absolute atomic E-state index is 14.1. The van der Waals surface area contributed by atoms with E-state index in [2.05, 4.69) is 5.32 Å². The van der Waals surface area contributed by atoms with Gasteiger partial charge < -0.3 is 5.32 Å². The monoisotopic (exact) mass is 331 g/mol. The summed E-state index contributed by atoms with van der Waals surface area (Å²) >= 11 is 18.1. The molecule has 0 aliphatic carbocycles. The van der Waals surface area contributed by atoms with Gasteiger partial charge in [-0.1, -0.05) is 47.8 Å². The summed E-state index contributed by atoms with van der Waals surface area (Å²) in [7, 11) is 0. The van der Waals surface area contributed by atoms with E-state index in [1.807, 2.05) is 6.92 Å². The van der Waals surface area contributed by atoms with Crippen LogP contribution < -0.4 is 5.32 Å².